The van der Waals surface area contributed by atoms with Crippen molar-refractivity contribution in [3.8, 4) is 5.75 Å². The zero-order valence-corrected chi connectivity index (χ0v) is 12.2. The van der Waals surface area contributed by atoms with Crippen LogP contribution in [0.15, 0.2) is 54.6 Å². The first-order valence-electron chi connectivity index (χ1n) is 7.78. The highest BCUT2D eigenvalue weighted by Gasteiger charge is 2.24. The first-order chi connectivity index (χ1) is 10.3. The standard InChI is InChI=1S/C19H22O2/c20-19-9-5-4-8-18(19)16-10-12-17(13-11-16)21-14-15-6-2-1-3-7-15/h1-3,6-7,10-13,18-20H,4-5,8-9,14H2. The van der Waals surface area contributed by atoms with Gasteiger partial charge in [-0.15, -0.1) is 0 Å². The van der Waals surface area contributed by atoms with Crippen molar-refractivity contribution in [2.75, 3.05) is 0 Å². The number of aliphatic hydroxyl groups excluding tert-OH is 1. The van der Waals surface area contributed by atoms with E-state index in [1.165, 1.54) is 17.5 Å². The molecular formula is C19H22O2. The van der Waals surface area contributed by atoms with E-state index in [9.17, 15) is 5.11 Å². The molecule has 0 radical (unpaired) electrons. The minimum atomic E-state index is -0.185. The van der Waals surface area contributed by atoms with Crippen LogP contribution in [0.25, 0.3) is 0 Å². The Kier molecular flexibility index (Phi) is 4.56. The quantitative estimate of drug-likeness (QED) is 0.906. The molecule has 0 aliphatic heterocycles. The van der Waals surface area contributed by atoms with Crippen LogP contribution in [-0.2, 0) is 6.61 Å². The van der Waals surface area contributed by atoms with Crippen molar-refractivity contribution in [2.45, 2.75) is 44.3 Å². The highest BCUT2D eigenvalue weighted by atomic mass is 16.5. The van der Waals surface area contributed by atoms with E-state index in [1.54, 1.807) is 0 Å². The Morgan fingerprint density at radius 3 is 2.33 bits per heavy atom. The van der Waals surface area contributed by atoms with Gasteiger partial charge in [0.15, 0.2) is 0 Å². The smallest absolute Gasteiger partial charge is 0.119 e. The summed E-state index contributed by atoms with van der Waals surface area (Å²) in [7, 11) is 0. The van der Waals surface area contributed by atoms with Crippen molar-refractivity contribution in [1.82, 2.24) is 0 Å². The lowest BCUT2D eigenvalue weighted by atomic mass is 9.82. The fourth-order valence-electron chi connectivity index (χ4n) is 3.05. The van der Waals surface area contributed by atoms with Gasteiger partial charge in [-0.1, -0.05) is 55.3 Å². The van der Waals surface area contributed by atoms with Crippen LogP contribution in [0.5, 0.6) is 5.75 Å². The van der Waals surface area contributed by atoms with Crippen molar-refractivity contribution < 1.29 is 9.84 Å². The molecule has 0 aromatic heterocycles. The lowest BCUT2D eigenvalue weighted by Crippen LogP contribution is -2.22. The minimum absolute atomic E-state index is 0.185. The monoisotopic (exact) mass is 282 g/mol. The molecule has 2 aromatic carbocycles. The maximum absolute atomic E-state index is 10.1. The van der Waals surface area contributed by atoms with Gasteiger partial charge in [-0.3, -0.25) is 0 Å². The summed E-state index contributed by atoms with van der Waals surface area (Å²) in [5.74, 6) is 1.18. The molecule has 1 fully saturated rings. The van der Waals surface area contributed by atoms with Crippen molar-refractivity contribution in [3.05, 3.63) is 65.7 Å². The molecule has 0 saturated heterocycles. The second-order valence-corrected chi connectivity index (χ2v) is 5.80. The molecule has 1 aliphatic rings. The van der Waals surface area contributed by atoms with Crippen LogP contribution >= 0.6 is 0 Å². The topological polar surface area (TPSA) is 29.5 Å². The van der Waals surface area contributed by atoms with Crippen molar-refractivity contribution >= 4 is 0 Å². The molecule has 0 heterocycles. The van der Waals surface area contributed by atoms with Gasteiger partial charge in [0.25, 0.3) is 0 Å². The van der Waals surface area contributed by atoms with Crippen LogP contribution in [0.4, 0.5) is 0 Å². The van der Waals surface area contributed by atoms with E-state index in [0.29, 0.717) is 12.5 Å². The number of rotatable bonds is 4. The van der Waals surface area contributed by atoms with Crippen LogP contribution in [0, 0.1) is 0 Å². The number of hydrogen-bond donors (Lipinski definition) is 1. The fraction of sp³-hybridized carbons (Fsp3) is 0.368. The Balaban J connectivity index is 1.61. The van der Waals surface area contributed by atoms with E-state index in [2.05, 4.69) is 24.3 Å². The van der Waals surface area contributed by atoms with E-state index in [1.807, 2.05) is 30.3 Å². The predicted octanol–water partition coefficient (Wildman–Crippen LogP) is 4.28. The Labute approximate surface area is 126 Å². The minimum Gasteiger partial charge on any atom is -0.489 e. The fourth-order valence-corrected chi connectivity index (χ4v) is 3.05. The Hall–Kier alpha value is -1.80. The largest absolute Gasteiger partial charge is 0.489 e. The van der Waals surface area contributed by atoms with E-state index in [-0.39, 0.29) is 6.10 Å². The number of ether oxygens (including phenoxy) is 1. The van der Waals surface area contributed by atoms with Crippen molar-refractivity contribution in [1.29, 1.82) is 0 Å². The molecule has 2 heteroatoms. The van der Waals surface area contributed by atoms with Crippen LogP contribution in [0.3, 0.4) is 0 Å². The number of benzene rings is 2. The van der Waals surface area contributed by atoms with Crippen molar-refractivity contribution in [3.63, 3.8) is 0 Å². The highest BCUT2D eigenvalue weighted by Crippen LogP contribution is 2.33. The second-order valence-electron chi connectivity index (χ2n) is 5.80. The van der Waals surface area contributed by atoms with Crippen LogP contribution in [-0.4, -0.2) is 11.2 Å². The SMILES string of the molecule is OC1CCCCC1c1ccc(OCc2ccccc2)cc1. The van der Waals surface area contributed by atoms with Gasteiger partial charge in [0, 0.05) is 5.92 Å². The van der Waals surface area contributed by atoms with Gasteiger partial charge in [-0.05, 0) is 36.1 Å². The summed E-state index contributed by atoms with van der Waals surface area (Å²) in [6, 6.07) is 18.4. The summed E-state index contributed by atoms with van der Waals surface area (Å²) < 4.78 is 5.80. The average molecular weight is 282 g/mol. The third-order valence-corrected chi connectivity index (χ3v) is 4.29. The molecule has 21 heavy (non-hydrogen) atoms. The molecule has 2 atom stereocenters. The molecule has 2 aromatic rings. The molecule has 110 valence electrons. The van der Waals surface area contributed by atoms with Gasteiger partial charge in [-0.2, -0.15) is 0 Å². The molecule has 1 aliphatic carbocycles. The molecule has 2 unspecified atom stereocenters. The third kappa shape index (κ3) is 3.64. The zero-order valence-electron chi connectivity index (χ0n) is 12.2. The normalized spacial score (nSPS) is 22.0. The van der Waals surface area contributed by atoms with E-state index in [4.69, 9.17) is 4.74 Å². The predicted molar refractivity (Wildman–Crippen MR) is 84.4 cm³/mol. The maximum Gasteiger partial charge on any atom is 0.119 e. The van der Waals surface area contributed by atoms with E-state index in [0.717, 1.165) is 25.0 Å². The average Bonchev–Trinajstić information content (AvgIpc) is 2.55. The Bertz CT molecular complexity index is 548. The van der Waals surface area contributed by atoms with E-state index < -0.39 is 0 Å². The highest BCUT2D eigenvalue weighted by molar-refractivity contribution is 5.30. The summed E-state index contributed by atoms with van der Waals surface area (Å²) >= 11 is 0. The molecule has 0 bridgehead atoms. The molecule has 1 saturated carbocycles. The van der Waals surface area contributed by atoms with Gasteiger partial charge in [-0.25, -0.2) is 0 Å². The zero-order chi connectivity index (χ0) is 14.5. The Morgan fingerprint density at radius 2 is 1.62 bits per heavy atom. The Morgan fingerprint density at radius 1 is 0.905 bits per heavy atom. The maximum atomic E-state index is 10.1. The number of hydrogen-bond acceptors (Lipinski definition) is 2. The van der Waals surface area contributed by atoms with Crippen LogP contribution in [0.2, 0.25) is 0 Å². The summed E-state index contributed by atoms with van der Waals surface area (Å²) in [6.45, 7) is 0.590. The van der Waals surface area contributed by atoms with Gasteiger partial charge < -0.3 is 9.84 Å². The lowest BCUT2D eigenvalue weighted by molar-refractivity contribution is 0.106. The molecule has 1 N–H and O–H groups in total. The van der Waals surface area contributed by atoms with E-state index >= 15 is 0 Å². The third-order valence-electron chi connectivity index (χ3n) is 4.29. The summed E-state index contributed by atoms with van der Waals surface area (Å²) in [5.41, 5.74) is 2.40. The lowest BCUT2D eigenvalue weighted by Gasteiger charge is -2.28. The molecular weight excluding hydrogens is 260 g/mol. The van der Waals surface area contributed by atoms with Crippen molar-refractivity contribution in [2.24, 2.45) is 0 Å². The summed E-state index contributed by atoms with van der Waals surface area (Å²) in [5, 5.41) is 10.1. The van der Waals surface area contributed by atoms with Crippen LogP contribution in [0.1, 0.15) is 42.7 Å². The molecule has 0 spiro atoms. The first-order valence-corrected chi connectivity index (χ1v) is 7.78. The van der Waals surface area contributed by atoms with Gasteiger partial charge in [0.1, 0.15) is 12.4 Å². The second kappa shape index (κ2) is 6.77. The van der Waals surface area contributed by atoms with Gasteiger partial charge in [0.05, 0.1) is 6.10 Å². The van der Waals surface area contributed by atoms with Crippen LogP contribution < -0.4 is 4.74 Å². The summed E-state index contributed by atoms with van der Waals surface area (Å²) in [6.07, 6.45) is 4.20. The molecule has 2 nitrogen and oxygen atoms in total. The first kappa shape index (κ1) is 14.2. The van der Waals surface area contributed by atoms with Gasteiger partial charge in [0.2, 0.25) is 0 Å². The molecule has 0 amide bonds. The molecule has 3 rings (SSSR count). The summed E-state index contributed by atoms with van der Waals surface area (Å²) in [4.78, 5) is 0. The van der Waals surface area contributed by atoms with Gasteiger partial charge >= 0.3 is 0 Å². The number of aliphatic hydroxyl groups is 1.